The number of allylic oxidation sites excluding steroid dienone is 1. The molecule has 2 nitrogen and oxygen atoms in total. The highest BCUT2D eigenvalue weighted by Gasteiger charge is 2.34. The fourth-order valence-electron chi connectivity index (χ4n) is 1.80. The molecule has 0 radical (unpaired) electrons. The third-order valence-corrected chi connectivity index (χ3v) is 3.03. The van der Waals surface area contributed by atoms with Gasteiger partial charge in [-0.1, -0.05) is 19.9 Å². The van der Waals surface area contributed by atoms with E-state index in [1.54, 1.807) is 7.05 Å². The molecular formula is C12H19F3N2. The Kier molecular flexibility index (Phi) is 4.60. The highest BCUT2D eigenvalue weighted by Crippen LogP contribution is 2.26. The van der Waals surface area contributed by atoms with Gasteiger partial charge >= 0.3 is 6.18 Å². The van der Waals surface area contributed by atoms with Crippen LogP contribution in [0.25, 0.3) is 0 Å². The average molecular weight is 248 g/mol. The largest absolute Gasteiger partial charge is 0.394 e. The number of rotatable bonds is 2. The summed E-state index contributed by atoms with van der Waals surface area (Å²) < 4.78 is 37.0. The zero-order valence-electron chi connectivity index (χ0n) is 10.5. The predicted octanol–water partition coefficient (Wildman–Crippen LogP) is 3.11. The van der Waals surface area contributed by atoms with Crippen LogP contribution < -0.4 is 0 Å². The summed E-state index contributed by atoms with van der Waals surface area (Å²) in [5, 5.41) is 0. The Morgan fingerprint density at radius 1 is 1.47 bits per heavy atom. The Hall–Kier alpha value is -1.00. The minimum Gasteiger partial charge on any atom is -0.357 e. The van der Waals surface area contributed by atoms with Gasteiger partial charge in [0.2, 0.25) is 0 Å². The van der Waals surface area contributed by atoms with Crippen LogP contribution in [0, 0.1) is 11.8 Å². The van der Waals surface area contributed by atoms with Gasteiger partial charge in [0.25, 0.3) is 0 Å². The van der Waals surface area contributed by atoms with E-state index < -0.39 is 12.1 Å². The summed E-state index contributed by atoms with van der Waals surface area (Å²) in [6.07, 6.45) is -0.448. The fraction of sp³-hybridized carbons (Fsp3) is 0.750. The van der Waals surface area contributed by atoms with E-state index in [-0.39, 0.29) is 0 Å². The molecule has 0 amide bonds. The van der Waals surface area contributed by atoms with Crippen molar-refractivity contribution >= 4 is 5.84 Å². The molecule has 1 unspecified atom stereocenters. The third kappa shape index (κ3) is 4.06. The van der Waals surface area contributed by atoms with Gasteiger partial charge in [-0.2, -0.15) is 13.2 Å². The fourth-order valence-corrected chi connectivity index (χ4v) is 1.80. The quantitative estimate of drug-likeness (QED) is 0.541. The third-order valence-electron chi connectivity index (χ3n) is 3.03. The lowest BCUT2D eigenvalue weighted by molar-refractivity contribution is -0.156. The molecule has 1 aliphatic heterocycles. The Bertz CT molecular complexity index is 307. The highest BCUT2D eigenvalue weighted by atomic mass is 19.4. The average Bonchev–Trinajstić information content (AvgIpc) is 2.64. The monoisotopic (exact) mass is 248 g/mol. The second-order valence-corrected chi connectivity index (χ2v) is 4.61. The zero-order chi connectivity index (χ0) is 13.1. The van der Waals surface area contributed by atoms with E-state index in [1.807, 2.05) is 4.90 Å². The van der Waals surface area contributed by atoms with Crippen molar-refractivity contribution < 1.29 is 13.2 Å². The summed E-state index contributed by atoms with van der Waals surface area (Å²) in [7, 11) is 1.61. The second-order valence-electron chi connectivity index (χ2n) is 4.61. The van der Waals surface area contributed by atoms with Gasteiger partial charge in [0, 0.05) is 20.1 Å². The smallest absolute Gasteiger partial charge is 0.357 e. The lowest BCUT2D eigenvalue weighted by Crippen LogP contribution is -2.27. The summed E-state index contributed by atoms with van der Waals surface area (Å²) in [4.78, 5) is 6.08. The summed E-state index contributed by atoms with van der Waals surface area (Å²) in [6.45, 7) is 5.03. The van der Waals surface area contributed by atoms with Gasteiger partial charge in [0.1, 0.15) is 5.84 Å². The van der Waals surface area contributed by atoms with Gasteiger partial charge in [-0.25, -0.2) is 0 Å². The number of aliphatic imine (C=N–C) groups is 1. The van der Waals surface area contributed by atoms with Crippen LogP contribution in [-0.2, 0) is 0 Å². The summed E-state index contributed by atoms with van der Waals surface area (Å²) in [5.74, 6) is -0.204. The summed E-state index contributed by atoms with van der Waals surface area (Å²) >= 11 is 0. The van der Waals surface area contributed by atoms with Gasteiger partial charge in [0.05, 0.1) is 5.92 Å². The molecule has 98 valence electrons. The normalized spacial score (nSPS) is 24.7. The molecule has 0 saturated carbocycles. The molecule has 2 atom stereocenters. The Balaban J connectivity index is 2.62. The maximum Gasteiger partial charge on any atom is 0.394 e. The van der Waals surface area contributed by atoms with Gasteiger partial charge < -0.3 is 4.90 Å². The number of amidine groups is 1. The molecule has 0 bridgehead atoms. The molecule has 0 aromatic carbocycles. The number of hydrogen-bond donors (Lipinski definition) is 0. The standard InChI is InChI=1S/C12H19F3N2/c1-9-6-7-17(8-9)11(16-3)5-4-10(2)12(13,14)15/h4-5,9-10H,6-8H2,1-3H3/b5-4-,16-11?/t9-,10?/m0/s1. The number of alkyl halides is 3. The minimum absolute atomic E-state index is 0.584. The van der Waals surface area contributed by atoms with E-state index in [0.29, 0.717) is 11.8 Å². The molecule has 1 fully saturated rings. The first kappa shape index (κ1) is 14.1. The van der Waals surface area contributed by atoms with Gasteiger partial charge in [-0.3, -0.25) is 4.99 Å². The lowest BCUT2D eigenvalue weighted by Gasteiger charge is -2.18. The molecule has 1 aliphatic rings. The first-order valence-corrected chi connectivity index (χ1v) is 5.81. The van der Waals surface area contributed by atoms with Crippen LogP contribution in [0.4, 0.5) is 13.2 Å². The molecule has 5 heteroatoms. The van der Waals surface area contributed by atoms with E-state index in [1.165, 1.54) is 12.2 Å². The van der Waals surface area contributed by atoms with Crippen molar-refractivity contribution in [3.63, 3.8) is 0 Å². The first-order valence-electron chi connectivity index (χ1n) is 5.81. The van der Waals surface area contributed by atoms with Crippen molar-refractivity contribution in [2.75, 3.05) is 20.1 Å². The van der Waals surface area contributed by atoms with Gasteiger partial charge in [-0.05, 0) is 18.4 Å². The van der Waals surface area contributed by atoms with Crippen LogP contribution >= 0.6 is 0 Å². The number of halogens is 3. The van der Waals surface area contributed by atoms with Crippen LogP contribution in [0.1, 0.15) is 20.3 Å². The van der Waals surface area contributed by atoms with Crippen LogP contribution in [-0.4, -0.2) is 37.0 Å². The van der Waals surface area contributed by atoms with Crippen molar-refractivity contribution in [1.82, 2.24) is 4.90 Å². The topological polar surface area (TPSA) is 15.6 Å². The maximum absolute atomic E-state index is 12.3. The van der Waals surface area contributed by atoms with Crippen molar-refractivity contribution in [2.24, 2.45) is 16.8 Å². The molecule has 0 aromatic rings. The van der Waals surface area contributed by atoms with Crippen molar-refractivity contribution in [1.29, 1.82) is 0 Å². The van der Waals surface area contributed by atoms with Crippen molar-refractivity contribution in [3.05, 3.63) is 12.2 Å². The lowest BCUT2D eigenvalue weighted by atomic mass is 10.1. The molecule has 0 spiro atoms. The van der Waals surface area contributed by atoms with Gasteiger partial charge in [0.15, 0.2) is 0 Å². The number of likely N-dealkylation sites (tertiary alicyclic amines) is 1. The van der Waals surface area contributed by atoms with E-state index in [0.717, 1.165) is 26.4 Å². The first-order chi connectivity index (χ1) is 7.84. The van der Waals surface area contributed by atoms with Gasteiger partial charge in [-0.15, -0.1) is 0 Å². The van der Waals surface area contributed by atoms with E-state index in [2.05, 4.69) is 11.9 Å². The minimum atomic E-state index is -4.17. The van der Waals surface area contributed by atoms with Crippen LogP contribution in [0.2, 0.25) is 0 Å². The predicted molar refractivity (Wildman–Crippen MR) is 63.1 cm³/mol. The highest BCUT2D eigenvalue weighted by molar-refractivity contribution is 5.93. The molecule has 0 N–H and O–H groups in total. The van der Waals surface area contributed by atoms with Crippen molar-refractivity contribution in [2.45, 2.75) is 26.4 Å². The molecule has 17 heavy (non-hydrogen) atoms. The molecule has 1 saturated heterocycles. The van der Waals surface area contributed by atoms with Crippen LogP contribution in [0.15, 0.2) is 17.1 Å². The van der Waals surface area contributed by atoms with E-state index in [9.17, 15) is 13.2 Å². The summed E-state index contributed by atoms with van der Waals surface area (Å²) in [5.41, 5.74) is 0. The Labute approximate surface area is 100 Å². The SMILES string of the molecule is CN=C(/C=C\C(C)C(F)(F)F)N1CC[C@H](C)C1. The molecule has 1 heterocycles. The maximum atomic E-state index is 12.3. The van der Waals surface area contributed by atoms with Crippen molar-refractivity contribution in [3.8, 4) is 0 Å². The number of hydrogen-bond acceptors (Lipinski definition) is 1. The van der Waals surface area contributed by atoms with E-state index >= 15 is 0 Å². The van der Waals surface area contributed by atoms with Crippen LogP contribution in [0.3, 0.4) is 0 Å². The van der Waals surface area contributed by atoms with E-state index in [4.69, 9.17) is 0 Å². The zero-order valence-corrected chi connectivity index (χ0v) is 10.5. The molecular weight excluding hydrogens is 229 g/mol. The number of nitrogens with zero attached hydrogens (tertiary/aromatic N) is 2. The molecule has 1 rings (SSSR count). The molecule has 0 aliphatic carbocycles. The Morgan fingerprint density at radius 2 is 2.12 bits per heavy atom. The van der Waals surface area contributed by atoms with Crippen LogP contribution in [0.5, 0.6) is 0 Å². The summed E-state index contributed by atoms with van der Waals surface area (Å²) in [6, 6.07) is 0. The second kappa shape index (κ2) is 5.56. The molecule has 0 aromatic heterocycles. The Morgan fingerprint density at radius 3 is 2.53 bits per heavy atom.